The van der Waals surface area contributed by atoms with Crippen LogP contribution in [0.1, 0.15) is 20.3 Å². The van der Waals surface area contributed by atoms with Crippen molar-refractivity contribution in [2.45, 2.75) is 25.9 Å². The molecule has 0 bridgehead atoms. The fraction of sp³-hybridized carbons (Fsp3) is 0.600. The van der Waals surface area contributed by atoms with E-state index >= 15 is 0 Å². The molecule has 3 nitrogen and oxygen atoms in total. The molecule has 2 aliphatic rings. The minimum absolute atomic E-state index is 0.0225. The molecule has 68 valence electrons. The van der Waals surface area contributed by atoms with Crippen LogP contribution in [0.5, 0.6) is 0 Å². The number of nitrogens with zero attached hydrogens (tertiary/aromatic N) is 1. The van der Waals surface area contributed by atoms with Crippen molar-refractivity contribution < 1.29 is 9.53 Å². The Labute approximate surface area is 77.0 Å². The van der Waals surface area contributed by atoms with Crippen molar-refractivity contribution in [2.75, 3.05) is 0 Å². The van der Waals surface area contributed by atoms with E-state index in [1.165, 1.54) is 6.08 Å². The second kappa shape index (κ2) is 2.35. The largest absolute Gasteiger partial charge is 0.455 e. The Balaban J connectivity index is 2.33. The number of nitriles is 1. The van der Waals surface area contributed by atoms with Gasteiger partial charge < -0.3 is 4.74 Å². The van der Waals surface area contributed by atoms with Crippen LogP contribution in [0.25, 0.3) is 0 Å². The number of hydrogen-bond acceptors (Lipinski definition) is 3. The molecule has 3 heteroatoms. The van der Waals surface area contributed by atoms with Crippen LogP contribution in [0.2, 0.25) is 0 Å². The van der Waals surface area contributed by atoms with Crippen molar-refractivity contribution >= 4 is 5.97 Å². The Hall–Kier alpha value is -1.30. The van der Waals surface area contributed by atoms with Gasteiger partial charge in [-0.2, -0.15) is 5.26 Å². The Bertz CT molecular complexity index is 339. The van der Waals surface area contributed by atoms with Crippen LogP contribution in [0.3, 0.4) is 0 Å². The van der Waals surface area contributed by atoms with E-state index in [1.54, 1.807) is 0 Å². The van der Waals surface area contributed by atoms with Crippen LogP contribution >= 0.6 is 0 Å². The summed E-state index contributed by atoms with van der Waals surface area (Å²) in [4.78, 5) is 11.1. The quantitative estimate of drug-likeness (QED) is 0.525. The summed E-state index contributed by atoms with van der Waals surface area (Å²) in [6.07, 6.45) is 2.17. The summed E-state index contributed by atoms with van der Waals surface area (Å²) in [5, 5.41) is 8.81. The summed E-state index contributed by atoms with van der Waals surface area (Å²) in [6, 6.07) is 2.24. The lowest BCUT2D eigenvalue weighted by molar-refractivity contribution is -0.178. The molecule has 0 aromatic carbocycles. The molecule has 0 aromatic rings. The molecule has 1 fully saturated rings. The van der Waals surface area contributed by atoms with Crippen molar-refractivity contribution in [1.82, 2.24) is 0 Å². The molecule has 1 aliphatic heterocycles. The van der Waals surface area contributed by atoms with Gasteiger partial charge in [0.2, 0.25) is 0 Å². The summed E-state index contributed by atoms with van der Waals surface area (Å²) < 4.78 is 5.21. The normalized spacial score (nSPS) is 42.2. The third-order valence-corrected chi connectivity index (χ3v) is 3.02. The first-order valence-electron chi connectivity index (χ1n) is 4.37. The summed E-state index contributed by atoms with van der Waals surface area (Å²) in [5.74, 6) is -0.128. The number of carbonyl (C=O) groups is 1. The predicted octanol–water partition coefficient (Wildman–Crippen LogP) is 1.41. The highest BCUT2D eigenvalue weighted by molar-refractivity contribution is 5.84. The van der Waals surface area contributed by atoms with E-state index in [9.17, 15) is 4.79 Å². The SMILES string of the molecule is CC1=CC(=O)OC2(C)CC(C#N)C12. The Kier molecular flexibility index (Phi) is 1.50. The lowest BCUT2D eigenvalue weighted by Gasteiger charge is -2.51. The minimum Gasteiger partial charge on any atom is -0.455 e. The summed E-state index contributed by atoms with van der Waals surface area (Å²) in [6.45, 7) is 3.80. The first-order chi connectivity index (χ1) is 6.07. The van der Waals surface area contributed by atoms with Crippen LogP contribution in [0.15, 0.2) is 11.6 Å². The number of rotatable bonds is 0. The second-order valence-electron chi connectivity index (χ2n) is 4.04. The lowest BCUT2D eigenvalue weighted by Crippen LogP contribution is -2.56. The molecule has 2 rings (SSSR count). The van der Waals surface area contributed by atoms with E-state index in [0.717, 1.165) is 5.57 Å². The van der Waals surface area contributed by atoms with E-state index in [0.29, 0.717) is 6.42 Å². The smallest absolute Gasteiger partial charge is 0.331 e. The van der Waals surface area contributed by atoms with Crippen LogP contribution in [0.4, 0.5) is 0 Å². The fourth-order valence-electron chi connectivity index (χ4n) is 2.51. The summed E-state index contributed by atoms with van der Waals surface area (Å²) in [7, 11) is 0. The van der Waals surface area contributed by atoms with Crippen LogP contribution in [-0.2, 0) is 9.53 Å². The Morgan fingerprint density at radius 3 is 3.00 bits per heavy atom. The second-order valence-corrected chi connectivity index (χ2v) is 4.04. The fourth-order valence-corrected chi connectivity index (χ4v) is 2.51. The highest BCUT2D eigenvalue weighted by Gasteiger charge is 2.56. The third kappa shape index (κ3) is 0.983. The van der Waals surface area contributed by atoms with Gasteiger partial charge in [-0.1, -0.05) is 5.57 Å². The van der Waals surface area contributed by atoms with Gasteiger partial charge in [-0.3, -0.25) is 0 Å². The van der Waals surface area contributed by atoms with E-state index in [-0.39, 0.29) is 17.8 Å². The number of hydrogen-bond donors (Lipinski definition) is 0. The highest BCUT2D eigenvalue weighted by Crippen LogP contribution is 2.51. The van der Waals surface area contributed by atoms with Crippen LogP contribution < -0.4 is 0 Å². The zero-order valence-electron chi connectivity index (χ0n) is 7.70. The molecule has 0 radical (unpaired) electrons. The lowest BCUT2D eigenvalue weighted by atomic mass is 9.59. The maximum absolute atomic E-state index is 11.1. The van der Waals surface area contributed by atoms with Gasteiger partial charge in [0.1, 0.15) is 5.60 Å². The van der Waals surface area contributed by atoms with Gasteiger partial charge in [-0.05, 0) is 13.8 Å². The van der Waals surface area contributed by atoms with Gasteiger partial charge in [0.15, 0.2) is 0 Å². The van der Waals surface area contributed by atoms with Gasteiger partial charge in [0.25, 0.3) is 0 Å². The molecule has 1 saturated carbocycles. The predicted molar refractivity (Wildman–Crippen MR) is 45.5 cm³/mol. The average Bonchev–Trinajstić information content (AvgIpc) is 1.97. The van der Waals surface area contributed by atoms with Crippen molar-refractivity contribution in [3.05, 3.63) is 11.6 Å². The number of ether oxygens (including phenoxy) is 1. The van der Waals surface area contributed by atoms with Crippen LogP contribution in [-0.4, -0.2) is 11.6 Å². The molecular weight excluding hydrogens is 166 g/mol. The first kappa shape index (κ1) is 8.31. The van der Waals surface area contributed by atoms with Gasteiger partial charge in [-0.15, -0.1) is 0 Å². The average molecular weight is 177 g/mol. The number of carbonyl (C=O) groups excluding carboxylic acids is 1. The maximum atomic E-state index is 11.1. The van der Waals surface area contributed by atoms with E-state index in [2.05, 4.69) is 6.07 Å². The maximum Gasteiger partial charge on any atom is 0.331 e. The summed E-state index contributed by atoms with van der Waals surface area (Å²) >= 11 is 0. The Morgan fingerprint density at radius 2 is 2.46 bits per heavy atom. The van der Waals surface area contributed by atoms with Crippen molar-refractivity contribution in [1.29, 1.82) is 5.26 Å². The standard InChI is InChI=1S/C10H11NO2/c1-6-3-8(12)13-10(2)4-7(5-11)9(6)10/h3,7,9H,4H2,1-2H3. The molecule has 0 spiro atoms. The molecule has 3 atom stereocenters. The van der Waals surface area contributed by atoms with E-state index < -0.39 is 5.60 Å². The number of fused-ring (bicyclic) bond motifs is 1. The molecule has 3 unspecified atom stereocenters. The summed E-state index contributed by atoms with van der Waals surface area (Å²) in [5.41, 5.74) is 0.576. The molecule has 0 amide bonds. The van der Waals surface area contributed by atoms with Crippen molar-refractivity contribution in [3.63, 3.8) is 0 Å². The van der Waals surface area contributed by atoms with Gasteiger partial charge in [0.05, 0.1) is 12.0 Å². The van der Waals surface area contributed by atoms with Crippen molar-refractivity contribution in [2.24, 2.45) is 11.8 Å². The molecule has 13 heavy (non-hydrogen) atoms. The van der Waals surface area contributed by atoms with Gasteiger partial charge in [-0.25, -0.2) is 4.79 Å². The van der Waals surface area contributed by atoms with Gasteiger partial charge in [0, 0.05) is 18.4 Å². The zero-order chi connectivity index (χ0) is 9.64. The highest BCUT2D eigenvalue weighted by atomic mass is 16.6. The number of esters is 1. The molecular formula is C10H11NO2. The molecule has 0 N–H and O–H groups in total. The molecule has 1 aliphatic carbocycles. The minimum atomic E-state index is -0.406. The van der Waals surface area contributed by atoms with Gasteiger partial charge >= 0.3 is 5.97 Å². The van der Waals surface area contributed by atoms with Crippen molar-refractivity contribution in [3.8, 4) is 6.07 Å². The molecule has 1 heterocycles. The first-order valence-corrected chi connectivity index (χ1v) is 4.37. The monoisotopic (exact) mass is 177 g/mol. The van der Waals surface area contributed by atoms with E-state index in [1.807, 2.05) is 13.8 Å². The molecule has 0 saturated heterocycles. The van der Waals surface area contributed by atoms with Crippen LogP contribution in [0, 0.1) is 23.2 Å². The van der Waals surface area contributed by atoms with E-state index in [4.69, 9.17) is 10.00 Å². The Morgan fingerprint density at radius 1 is 1.77 bits per heavy atom. The zero-order valence-corrected chi connectivity index (χ0v) is 7.70. The topological polar surface area (TPSA) is 50.1 Å². The molecule has 0 aromatic heterocycles. The third-order valence-electron chi connectivity index (χ3n) is 3.02.